The van der Waals surface area contributed by atoms with E-state index in [0.717, 1.165) is 50.2 Å². The van der Waals surface area contributed by atoms with E-state index in [1.807, 2.05) is 0 Å². The number of pyridine rings is 2. The van der Waals surface area contributed by atoms with Crippen LogP contribution in [-0.4, -0.2) is 9.97 Å². The van der Waals surface area contributed by atoms with Gasteiger partial charge in [-0.25, -0.2) is 9.97 Å². The van der Waals surface area contributed by atoms with E-state index in [9.17, 15) is 0 Å². The van der Waals surface area contributed by atoms with Gasteiger partial charge in [-0.3, -0.25) is 0 Å². The standard InChI is InChI=1S/C63H38N2/c1-3-15-43-35-45(31-25-39(43)13-1)47-37-58(64-59(38-47)46-32-26-40-14-2-4-16-44(40)36-46)41-27-29-42(30-28-41)62-52-33-34-56-61(60(52)51-20-8-12-24-57(51)65-62)50-19-7-11-23-55(50)63(56)53-21-9-5-17-48(53)49-18-6-10-22-54(49)63/h1-38H. The molecule has 300 valence electrons. The summed E-state index contributed by atoms with van der Waals surface area (Å²) in [6, 6.07) is 84.4. The van der Waals surface area contributed by atoms with Crippen LogP contribution in [-0.2, 0) is 5.41 Å². The minimum Gasteiger partial charge on any atom is -0.248 e. The van der Waals surface area contributed by atoms with E-state index in [2.05, 4.69) is 231 Å². The van der Waals surface area contributed by atoms with Gasteiger partial charge in [-0.1, -0.05) is 200 Å². The molecule has 0 N–H and O–H groups in total. The van der Waals surface area contributed by atoms with Crippen molar-refractivity contribution in [3.63, 3.8) is 0 Å². The van der Waals surface area contributed by atoms with Crippen molar-refractivity contribution in [2.45, 2.75) is 5.41 Å². The number of fused-ring (bicyclic) bond motifs is 16. The molecule has 0 saturated carbocycles. The number of para-hydroxylation sites is 1. The molecule has 10 aromatic carbocycles. The monoisotopic (exact) mass is 822 g/mol. The fourth-order valence-electron chi connectivity index (χ4n) is 11.4. The van der Waals surface area contributed by atoms with Gasteiger partial charge in [-0.15, -0.1) is 0 Å². The second kappa shape index (κ2) is 13.8. The molecule has 65 heavy (non-hydrogen) atoms. The number of benzene rings is 10. The van der Waals surface area contributed by atoms with E-state index in [0.29, 0.717) is 0 Å². The highest BCUT2D eigenvalue weighted by molar-refractivity contribution is 6.20. The average Bonchev–Trinajstić information content (AvgIpc) is 3.85. The summed E-state index contributed by atoms with van der Waals surface area (Å²) in [6.07, 6.45) is 0. The molecule has 2 aromatic heterocycles. The molecule has 0 atom stereocenters. The minimum absolute atomic E-state index is 0.417. The molecule has 2 aliphatic carbocycles. The van der Waals surface area contributed by atoms with Gasteiger partial charge in [-0.2, -0.15) is 0 Å². The van der Waals surface area contributed by atoms with Crippen molar-refractivity contribution in [2.75, 3.05) is 0 Å². The zero-order valence-corrected chi connectivity index (χ0v) is 35.3. The maximum atomic E-state index is 5.46. The Labute approximate surface area is 376 Å². The molecule has 14 rings (SSSR count). The lowest BCUT2D eigenvalue weighted by Gasteiger charge is -2.30. The molecule has 0 amide bonds. The molecule has 2 nitrogen and oxygen atoms in total. The fraction of sp³-hybridized carbons (Fsp3) is 0.0159. The number of rotatable bonds is 4. The summed E-state index contributed by atoms with van der Waals surface area (Å²) >= 11 is 0. The Kier molecular flexibility index (Phi) is 7.64. The van der Waals surface area contributed by atoms with Gasteiger partial charge in [-0.05, 0) is 108 Å². The lowest BCUT2D eigenvalue weighted by molar-refractivity contribution is 0.794. The van der Waals surface area contributed by atoms with Crippen molar-refractivity contribution in [1.29, 1.82) is 0 Å². The summed E-state index contributed by atoms with van der Waals surface area (Å²) in [5.74, 6) is 0. The summed E-state index contributed by atoms with van der Waals surface area (Å²) in [4.78, 5) is 10.8. The number of hydrogen-bond acceptors (Lipinski definition) is 2. The van der Waals surface area contributed by atoms with Crippen LogP contribution in [0.25, 0.3) is 110 Å². The van der Waals surface area contributed by atoms with Crippen LogP contribution in [0, 0.1) is 0 Å². The summed E-state index contributed by atoms with van der Waals surface area (Å²) in [5.41, 5.74) is 19.5. The predicted molar refractivity (Wildman–Crippen MR) is 270 cm³/mol. The molecule has 2 heterocycles. The van der Waals surface area contributed by atoms with Crippen LogP contribution in [0.1, 0.15) is 22.3 Å². The molecule has 0 saturated heterocycles. The first kappa shape index (κ1) is 36.1. The van der Waals surface area contributed by atoms with Gasteiger partial charge in [0.1, 0.15) is 0 Å². The third kappa shape index (κ3) is 5.23. The van der Waals surface area contributed by atoms with Gasteiger partial charge in [0.25, 0.3) is 0 Å². The molecular weight excluding hydrogens is 785 g/mol. The summed E-state index contributed by atoms with van der Waals surface area (Å²) < 4.78 is 0. The Morgan fingerprint density at radius 3 is 1.49 bits per heavy atom. The van der Waals surface area contributed by atoms with Crippen LogP contribution in [0.5, 0.6) is 0 Å². The highest BCUT2D eigenvalue weighted by Crippen LogP contribution is 2.64. The first-order valence-corrected chi connectivity index (χ1v) is 22.5. The fourth-order valence-corrected chi connectivity index (χ4v) is 11.4. The third-order valence-corrected chi connectivity index (χ3v) is 14.2. The van der Waals surface area contributed by atoms with Gasteiger partial charge in [0.2, 0.25) is 0 Å². The summed E-state index contributed by atoms with van der Waals surface area (Å²) in [5, 5.41) is 8.44. The molecule has 2 heteroatoms. The molecule has 2 aliphatic rings. The highest BCUT2D eigenvalue weighted by atomic mass is 14.7. The largest absolute Gasteiger partial charge is 0.248 e. The van der Waals surface area contributed by atoms with Gasteiger partial charge >= 0.3 is 0 Å². The molecular formula is C63H38N2. The predicted octanol–water partition coefficient (Wildman–Crippen LogP) is 16.1. The zero-order valence-electron chi connectivity index (χ0n) is 35.3. The number of hydrogen-bond donors (Lipinski definition) is 0. The van der Waals surface area contributed by atoms with E-state index in [-0.39, 0.29) is 0 Å². The summed E-state index contributed by atoms with van der Waals surface area (Å²) in [7, 11) is 0. The SMILES string of the molecule is c1ccc2c(c1)-c1ccccc1C21c2ccccc2-c2c1ccc1c(-c3ccc(-c4cc(-c5ccc6ccccc6c5)cc(-c5ccc6ccccc6c5)n4)cc3)nc3ccccc3c21. The zero-order chi connectivity index (χ0) is 42.6. The molecule has 0 aliphatic heterocycles. The molecule has 0 radical (unpaired) electrons. The quantitative estimate of drug-likeness (QED) is 0.165. The molecule has 1 spiro atoms. The third-order valence-electron chi connectivity index (χ3n) is 14.2. The van der Waals surface area contributed by atoms with Crippen LogP contribution in [0.3, 0.4) is 0 Å². The van der Waals surface area contributed by atoms with Crippen molar-refractivity contribution in [3.05, 3.63) is 253 Å². The van der Waals surface area contributed by atoms with E-state index in [1.165, 1.54) is 82.4 Å². The van der Waals surface area contributed by atoms with Gasteiger partial charge < -0.3 is 0 Å². The van der Waals surface area contributed by atoms with Crippen molar-refractivity contribution in [1.82, 2.24) is 9.97 Å². The Bertz CT molecular complexity index is 3810. The van der Waals surface area contributed by atoms with Gasteiger partial charge in [0.05, 0.1) is 28.0 Å². The number of aromatic nitrogens is 2. The van der Waals surface area contributed by atoms with Crippen molar-refractivity contribution in [2.24, 2.45) is 0 Å². The van der Waals surface area contributed by atoms with Crippen LogP contribution in [0.15, 0.2) is 231 Å². The molecule has 0 bridgehead atoms. The number of nitrogens with zero attached hydrogens (tertiary/aromatic N) is 2. The van der Waals surface area contributed by atoms with Crippen LogP contribution < -0.4 is 0 Å². The molecule has 12 aromatic rings. The Morgan fingerprint density at radius 2 is 0.800 bits per heavy atom. The summed E-state index contributed by atoms with van der Waals surface area (Å²) in [6.45, 7) is 0. The van der Waals surface area contributed by atoms with Crippen molar-refractivity contribution < 1.29 is 0 Å². The second-order valence-corrected chi connectivity index (χ2v) is 17.6. The van der Waals surface area contributed by atoms with Gasteiger partial charge in [0, 0.05) is 32.8 Å². The van der Waals surface area contributed by atoms with Crippen molar-refractivity contribution >= 4 is 43.2 Å². The van der Waals surface area contributed by atoms with E-state index in [1.54, 1.807) is 0 Å². The minimum atomic E-state index is -0.417. The van der Waals surface area contributed by atoms with E-state index >= 15 is 0 Å². The van der Waals surface area contributed by atoms with Crippen molar-refractivity contribution in [3.8, 4) is 67.2 Å². The second-order valence-electron chi connectivity index (χ2n) is 17.6. The lowest BCUT2D eigenvalue weighted by Crippen LogP contribution is -2.25. The normalized spacial score (nSPS) is 13.0. The Morgan fingerprint density at radius 1 is 0.292 bits per heavy atom. The first-order valence-electron chi connectivity index (χ1n) is 22.5. The lowest BCUT2D eigenvalue weighted by atomic mass is 9.70. The van der Waals surface area contributed by atoms with Crippen LogP contribution in [0.2, 0.25) is 0 Å². The topological polar surface area (TPSA) is 25.8 Å². The maximum absolute atomic E-state index is 5.46. The molecule has 0 fully saturated rings. The Hall–Kier alpha value is -8.46. The first-order chi connectivity index (χ1) is 32.2. The van der Waals surface area contributed by atoms with Crippen LogP contribution >= 0.6 is 0 Å². The average molecular weight is 823 g/mol. The van der Waals surface area contributed by atoms with E-state index < -0.39 is 5.41 Å². The Balaban J connectivity index is 0.953. The highest BCUT2D eigenvalue weighted by Gasteiger charge is 2.52. The van der Waals surface area contributed by atoms with Gasteiger partial charge in [0.15, 0.2) is 0 Å². The van der Waals surface area contributed by atoms with E-state index in [4.69, 9.17) is 9.97 Å². The molecule has 0 unspecified atom stereocenters. The van der Waals surface area contributed by atoms with Crippen LogP contribution in [0.4, 0.5) is 0 Å². The smallest absolute Gasteiger partial charge is 0.0788 e. The maximum Gasteiger partial charge on any atom is 0.0788 e.